The molecule has 0 saturated carbocycles. The van der Waals surface area contributed by atoms with Gasteiger partial charge in [-0.25, -0.2) is 13.8 Å². The van der Waals surface area contributed by atoms with E-state index in [-0.39, 0.29) is 12.3 Å². The molecule has 0 fully saturated rings. The van der Waals surface area contributed by atoms with E-state index in [1.807, 2.05) is 0 Å². The van der Waals surface area contributed by atoms with Crippen molar-refractivity contribution in [2.75, 3.05) is 5.32 Å². The molecule has 0 bridgehead atoms. The van der Waals surface area contributed by atoms with Crippen LogP contribution >= 0.6 is 15.9 Å². The van der Waals surface area contributed by atoms with Gasteiger partial charge in [-0.3, -0.25) is 4.79 Å². The molecule has 1 aromatic heterocycles. The van der Waals surface area contributed by atoms with Crippen molar-refractivity contribution in [3.05, 3.63) is 58.2 Å². The van der Waals surface area contributed by atoms with Crippen molar-refractivity contribution >= 4 is 27.7 Å². The van der Waals surface area contributed by atoms with Crippen LogP contribution in [0.3, 0.4) is 0 Å². The average Bonchev–Trinajstić information content (AvgIpc) is 2.37. The molecule has 98 valence electrons. The van der Waals surface area contributed by atoms with Crippen molar-refractivity contribution in [2.45, 2.75) is 6.42 Å². The van der Waals surface area contributed by atoms with Crippen molar-refractivity contribution in [3.8, 4) is 0 Å². The molecule has 0 radical (unpaired) electrons. The number of pyridine rings is 1. The molecule has 6 heteroatoms. The molecule has 0 saturated heterocycles. The number of halogens is 3. The van der Waals surface area contributed by atoms with Crippen LogP contribution in [0.15, 0.2) is 41.0 Å². The molecular formula is C13H9BrF2N2O. The van der Waals surface area contributed by atoms with E-state index in [2.05, 4.69) is 26.2 Å². The lowest BCUT2D eigenvalue weighted by atomic mass is 10.1. The van der Waals surface area contributed by atoms with Gasteiger partial charge in [0, 0.05) is 6.20 Å². The zero-order valence-electron chi connectivity index (χ0n) is 9.66. The van der Waals surface area contributed by atoms with E-state index in [9.17, 15) is 13.6 Å². The Hall–Kier alpha value is -1.82. The second-order valence-corrected chi connectivity index (χ2v) is 4.66. The number of carbonyl (C=O) groups is 1. The minimum atomic E-state index is -0.968. The molecule has 0 aliphatic carbocycles. The summed E-state index contributed by atoms with van der Waals surface area (Å²) in [5.41, 5.74) is 0.392. The first-order chi connectivity index (χ1) is 9.06. The van der Waals surface area contributed by atoms with Gasteiger partial charge in [0.25, 0.3) is 0 Å². The van der Waals surface area contributed by atoms with Gasteiger partial charge in [-0.2, -0.15) is 0 Å². The van der Waals surface area contributed by atoms with Crippen LogP contribution in [0.5, 0.6) is 0 Å². The second kappa shape index (κ2) is 5.88. The van der Waals surface area contributed by atoms with Crippen LogP contribution in [-0.4, -0.2) is 10.9 Å². The summed E-state index contributed by atoms with van der Waals surface area (Å²) >= 11 is 3.24. The molecule has 0 spiro atoms. The molecule has 2 rings (SSSR count). The van der Waals surface area contributed by atoms with Gasteiger partial charge in [0.15, 0.2) is 11.6 Å². The third-order valence-corrected chi connectivity index (χ3v) is 3.00. The fraction of sp³-hybridized carbons (Fsp3) is 0.0769. The van der Waals surface area contributed by atoms with Gasteiger partial charge in [0.1, 0.15) is 5.82 Å². The molecule has 0 aliphatic rings. The molecule has 1 heterocycles. The first kappa shape index (κ1) is 13.6. The number of nitrogens with one attached hydrogen (secondary N) is 1. The quantitative estimate of drug-likeness (QED) is 0.940. The minimum Gasteiger partial charge on any atom is -0.309 e. The second-order valence-electron chi connectivity index (χ2n) is 3.81. The number of carbonyl (C=O) groups excluding carboxylic acids is 1. The van der Waals surface area contributed by atoms with Crippen LogP contribution < -0.4 is 5.32 Å². The first-order valence-electron chi connectivity index (χ1n) is 5.40. The van der Waals surface area contributed by atoms with Crippen LogP contribution in [0, 0.1) is 11.6 Å². The van der Waals surface area contributed by atoms with Crippen LogP contribution in [0.2, 0.25) is 0 Å². The summed E-state index contributed by atoms with van der Waals surface area (Å²) < 4.78 is 26.4. The van der Waals surface area contributed by atoms with Crippen molar-refractivity contribution in [1.82, 2.24) is 4.98 Å². The Kier molecular flexibility index (Phi) is 4.21. The van der Waals surface area contributed by atoms with Gasteiger partial charge < -0.3 is 5.32 Å². The maximum atomic E-state index is 13.0. The summed E-state index contributed by atoms with van der Waals surface area (Å²) in [6, 6.07) is 6.82. The van der Waals surface area contributed by atoms with Gasteiger partial charge in [0.05, 0.1) is 10.9 Å². The number of benzene rings is 1. The lowest BCUT2D eigenvalue weighted by Gasteiger charge is -2.06. The monoisotopic (exact) mass is 326 g/mol. The van der Waals surface area contributed by atoms with Gasteiger partial charge in [-0.05, 0) is 45.8 Å². The SMILES string of the molecule is O=C(Cc1ccc(F)c(F)c1)Nc1ncccc1Br. The maximum absolute atomic E-state index is 13.0. The van der Waals surface area contributed by atoms with E-state index in [0.29, 0.717) is 15.9 Å². The lowest BCUT2D eigenvalue weighted by Crippen LogP contribution is -2.15. The van der Waals surface area contributed by atoms with E-state index in [0.717, 1.165) is 12.1 Å². The van der Waals surface area contributed by atoms with Crippen molar-refractivity contribution < 1.29 is 13.6 Å². The van der Waals surface area contributed by atoms with Crippen molar-refractivity contribution in [3.63, 3.8) is 0 Å². The predicted molar refractivity (Wildman–Crippen MR) is 70.6 cm³/mol. The lowest BCUT2D eigenvalue weighted by molar-refractivity contribution is -0.115. The highest BCUT2D eigenvalue weighted by atomic mass is 79.9. The highest BCUT2D eigenvalue weighted by Crippen LogP contribution is 2.18. The smallest absolute Gasteiger partial charge is 0.229 e. The van der Waals surface area contributed by atoms with E-state index in [1.165, 1.54) is 12.3 Å². The first-order valence-corrected chi connectivity index (χ1v) is 6.20. The number of hydrogen-bond acceptors (Lipinski definition) is 2. The maximum Gasteiger partial charge on any atom is 0.229 e. The zero-order chi connectivity index (χ0) is 13.8. The van der Waals surface area contributed by atoms with Gasteiger partial charge >= 0.3 is 0 Å². The predicted octanol–water partition coefficient (Wildman–Crippen LogP) is 3.30. The Labute approximate surface area is 116 Å². The van der Waals surface area contributed by atoms with E-state index < -0.39 is 11.6 Å². The van der Waals surface area contributed by atoms with Crippen LogP contribution in [-0.2, 0) is 11.2 Å². The molecule has 19 heavy (non-hydrogen) atoms. The average molecular weight is 327 g/mol. The summed E-state index contributed by atoms with van der Waals surface area (Å²) in [6.45, 7) is 0. The molecule has 2 aromatic rings. The molecule has 1 N–H and O–H groups in total. The standard InChI is InChI=1S/C13H9BrF2N2O/c14-9-2-1-5-17-13(9)18-12(19)7-8-3-4-10(15)11(16)6-8/h1-6H,7H2,(H,17,18,19). The Balaban J connectivity index is 2.05. The minimum absolute atomic E-state index is 0.0553. The van der Waals surface area contributed by atoms with Crippen LogP contribution in [0.4, 0.5) is 14.6 Å². The number of aromatic nitrogens is 1. The number of amides is 1. The zero-order valence-corrected chi connectivity index (χ0v) is 11.2. The highest BCUT2D eigenvalue weighted by Gasteiger charge is 2.09. The van der Waals surface area contributed by atoms with E-state index in [4.69, 9.17) is 0 Å². The molecule has 0 atom stereocenters. The van der Waals surface area contributed by atoms with E-state index in [1.54, 1.807) is 12.1 Å². The van der Waals surface area contributed by atoms with Crippen molar-refractivity contribution in [2.24, 2.45) is 0 Å². The molecular weight excluding hydrogens is 318 g/mol. The largest absolute Gasteiger partial charge is 0.309 e. The van der Waals surface area contributed by atoms with Gasteiger partial charge in [-0.15, -0.1) is 0 Å². The summed E-state index contributed by atoms with van der Waals surface area (Å²) in [6.07, 6.45) is 1.48. The summed E-state index contributed by atoms with van der Waals surface area (Å²) in [5.74, 6) is -1.87. The third-order valence-electron chi connectivity index (χ3n) is 2.36. The Morgan fingerprint density at radius 1 is 1.26 bits per heavy atom. The van der Waals surface area contributed by atoms with Crippen LogP contribution in [0.1, 0.15) is 5.56 Å². The number of nitrogens with zero attached hydrogens (tertiary/aromatic N) is 1. The molecule has 0 unspecified atom stereocenters. The highest BCUT2D eigenvalue weighted by molar-refractivity contribution is 9.10. The molecule has 1 aromatic carbocycles. The normalized spacial score (nSPS) is 10.3. The topological polar surface area (TPSA) is 42.0 Å². The van der Waals surface area contributed by atoms with Crippen LogP contribution in [0.25, 0.3) is 0 Å². The Morgan fingerprint density at radius 3 is 2.74 bits per heavy atom. The fourth-order valence-electron chi connectivity index (χ4n) is 1.49. The number of anilines is 1. The number of rotatable bonds is 3. The van der Waals surface area contributed by atoms with E-state index >= 15 is 0 Å². The van der Waals surface area contributed by atoms with Gasteiger partial charge in [-0.1, -0.05) is 6.07 Å². The molecule has 0 aliphatic heterocycles. The van der Waals surface area contributed by atoms with Gasteiger partial charge in [0.2, 0.25) is 5.91 Å². The third kappa shape index (κ3) is 3.57. The summed E-state index contributed by atoms with van der Waals surface area (Å²) in [5, 5.41) is 2.58. The molecule has 3 nitrogen and oxygen atoms in total. The Morgan fingerprint density at radius 2 is 2.05 bits per heavy atom. The Bertz CT molecular complexity index is 619. The summed E-state index contributed by atoms with van der Waals surface area (Å²) in [4.78, 5) is 15.7. The van der Waals surface area contributed by atoms with Crippen molar-refractivity contribution in [1.29, 1.82) is 0 Å². The number of hydrogen-bond donors (Lipinski definition) is 1. The molecule has 1 amide bonds. The summed E-state index contributed by atoms with van der Waals surface area (Å²) in [7, 11) is 0. The fourth-order valence-corrected chi connectivity index (χ4v) is 1.84.